The number of halogens is 3. The molecule has 0 fully saturated rings. The van der Waals surface area contributed by atoms with Gasteiger partial charge in [0, 0.05) is 6.20 Å². The first kappa shape index (κ1) is 14.0. The quantitative estimate of drug-likeness (QED) is 0.804. The molecule has 0 radical (unpaired) electrons. The van der Waals surface area contributed by atoms with Crippen molar-refractivity contribution in [1.82, 2.24) is 4.98 Å². The van der Waals surface area contributed by atoms with Crippen LogP contribution >= 0.6 is 0 Å². The molecule has 1 aromatic heterocycles. The summed E-state index contributed by atoms with van der Waals surface area (Å²) in [6.45, 7) is 2.04. The summed E-state index contributed by atoms with van der Waals surface area (Å²) in [7, 11) is 0. The Kier molecular flexibility index (Phi) is 4.93. The average Bonchev–Trinajstić information content (AvgIpc) is 2.28. The molecule has 0 amide bonds. The van der Waals surface area contributed by atoms with Crippen LogP contribution < -0.4 is 0 Å². The van der Waals surface area contributed by atoms with Crippen LogP contribution in [-0.2, 0) is 6.18 Å². The Balaban J connectivity index is 2.61. The van der Waals surface area contributed by atoms with Crippen LogP contribution in [0.4, 0.5) is 13.2 Å². The number of hydrogen-bond acceptors (Lipinski definition) is 2. The van der Waals surface area contributed by atoms with Gasteiger partial charge in [-0.15, -0.1) is 0 Å². The van der Waals surface area contributed by atoms with Crippen LogP contribution in [0.15, 0.2) is 18.3 Å². The maximum atomic E-state index is 12.3. The monoisotopic (exact) mass is 247 g/mol. The molecule has 0 spiro atoms. The number of rotatable bonds is 5. The SMILES string of the molecule is CCCCCC(O)c1ccc(C(F)(F)F)cn1. The van der Waals surface area contributed by atoms with Crippen LogP contribution in [0.1, 0.15) is 50.0 Å². The maximum absolute atomic E-state index is 12.3. The second-order valence-electron chi connectivity index (χ2n) is 3.98. The van der Waals surface area contributed by atoms with Crippen molar-refractivity contribution in [2.24, 2.45) is 0 Å². The zero-order valence-electron chi connectivity index (χ0n) is 9.67. The molecule has 1 atom stereocenters. The number of alkyl halides is 3. The summed E-state index contributed by atoms with van der Waals surface area (Å²) >= 11 is 0. The zero-order chi connectivity index (χ0) is 12.9. The van der Waals surface area contributed by atoms with Gasteiger partial charge in [-0.3, -0.25) is 4.98 Å². The van der Waals surface area contributed by atoms with Gasteiger partial charge in [-0.05, 0) is 18.6 Å². The van der Waals surface area contributed by atoms with Gasteiger partial charge in [-0.25, -0.2) is 0 Å². The van der Waals surface area contributed by atoms with E-state index in [1.165, 1.54) is 6.07 Å². The maximum Gasteiger partial charge on any atom is 0.417 e. The third-order valence-corrected chi connectivity index (χ3v) is 2.54. The lowest BCUT2D eigenvalue weighted by atomic mass is 10.1. The van der Waals surface area contributed by atoms with Crippen molar-refractivity contribution in [1.29, 1.82) is 0 Å². The van der Waals surface area contributed by atoms with E-state index < -0.39 is 17.8 Å². The molecule has 1 heterocycles. The van der Waals surface area contributed by atoms with Gasteiger partial charge in [0.2, 0.25) is 0 Å². The van der Waals surface area contributed by atoms with E-state index in [4.69, 9.17) is 0 Å². The number of aliphatic hydroxyl groups is 1. The van der Waals surface area contributed by atoms with Crippen molar-refractivity contribution in [3.63, 3.8) is 0 Å². The molecule has 0 saturated carbocycles. The minimum absolute atomic E-state index is 0.300. The molecule has 2 nitrogen and oxygen atoms in total. The lowest BCUT2D eigenvalue weighted by molar-refractivity contribution is -0.137. The fourth-order valence-electron chi connectivity index (χ4n) is 1.51. The second kappa shape index (κ2) is 6.00. The van der Waals surface area contributed by atoms with E-state index in [0.717, 1.165) is 31.5 Å². The number of nitrogens with zero attached hydrogens (tertiary/aromatic N) is 1. The highest BCUT2D eigenvalue weighted by Gasteiger charge is 2.30. The Morgan fingerprint density at radius 1 is 1.29 bits per heavy atom. The van der Waals surface area contributed by atoms with Crippen LogP contribution in [0.3, 0.4) is 0 Å². The molecule has 0 aromatic carbocycles. The van der Waals surface area contributed by atoms with Crippen molar-refractivity contribution < 1.29 is 18.3 Å². The largest absolute Gasteiger partial charge is 0.417 e. The van der Waals surface area contributed by atoms with Crippen molar-refractivity contribution in [3.8, 4) is 0 Å². The van der Waals surface area contributed by atoms with E-state index in [9.17, 15) is 18.3 Å². The van der Waals surface area contributed by atoms with E-state index in [-0.39, 0.29) is 0 Å². The number of aliphatic hydroxyl groups excluding tert-OH is 1. The molecule has 1 aromatic rings. The first-order chi connectivity index (χ1) is 7.95. The summed E-state index contributed by atoms with van der Waals surface area (Å²) in [5.74, 6) is 0. The van der Waals surface area contributed by atoms with Gasteiger partial charge in [0.05, 0.1) is 17.4 Å². The van der Waals surface area contributed by atoms with Crippen molar-refractivity contribution in [2.45, 2.75) is 44.9 Å². The molecule has 1 N–H and O–H groups in total. The van der Waals surface area contributed by atoms with Gasteiger partial charge in [-0.2, -0.15) is 13.2 Å². The zero-order valence-corrected chi connectivity index (χ0v) is 9.67. The van der Waals surface area contributed by atoms with Crippen molar-refractivity contribution >= 4 is 0 Å². The van der Waals surface area contributed by atoms with E-state index in [1.807, 2.05) is 6.92 Å². The van der Waals surface area contributed by atoms with Gasteiger partial charge in [-0.1, -0.05) is 26.2 Å². The number of pyridine rings is 1. The third kappa shape index (κ3) is 4.34. The fraction of sp³-hybridized carbons (Fsp3) is 0.583. The molecule has 1 unspecified atom stereocenters. The van der Waals surface area contributed by atoms with Crippen molar-refractivity contribution in [3.05, 3.63) is 29.6 Å². The van der Waals surface area contributed by atoms with E-state index in [0.29, 0.717) is 12.1 Å². The first-order valence-corrected chi connectivity index (χ1v) is 5.66. The van der Waals surface area contributed by atoms with Gasteiger partial charge < -0.3 is 5.11 Å². The molecule has 0 bridgehead atoms. The van der Waals surface area contributed by atoms with Crippen LogP contribution in [0.25, 0.3) is 0 Å². The Hall–Kier alpha value is -1.10. The first-order valence-electron chi connectivity index (χ1n) is 5.66. The van der Waals surface area contributed by atoms with Gasteiger partial charge in [0.1, 0.15) is 0 Å². The molecule has 17 heavy (non-hydrogen) atoms. The number of hydrogen-bond donors (Lipinski definition) is 1. The second-order valence-corrected chi connectivity index (χ2v) is 3.98. The van der Waals surface area contributed by atoms with Gasteiger partial charge in [0.25, 0.3) is 0 Å². The third-order valence-electron chi connectivity index (χ3n) is 2.54. The normalized spacial score (nSPS) is 13.7. The highest BCUT2D eigenvalue weighted by molar-refractivity contribution is 5.18. The summed E-state index contributed by atoms with van der Waals surface area (Å²) in [5.41, 5.74) is -0.490. The summed E-state index contributed by atoms with van der Waals surface area (Å²) in [5, 5.41) is 9.70. The molecule has 0 aliphatic heterocycles. The topological polar surface area (TPSA) is 33.1 Å². The standard InChI is InChI=1S/C12H16F3NO/c1-2-3-4-5-11(17)10-7-6-9(8-16-10)12(13,14)15/h6-8,11,17H,2-5H2,1H3. The van der Waals surface area contributed by atoms with Gasteiger partial charge in [0.15, 0.2) is 0 Å². The molecule has 0 aliphatic rings. The molecule has 96 valence electrons. The highest BCUT2D eigenvalue weighted by Crippen LogP contribution is 2.29. The molecule has 5 heteroatoms. The smallest absolute Gasteiger partial charge is 0.387 e. The van der Waals surface area contributed by atoms with E-state index >= 15 is 0 Å². The van der Waals surface area contributed by atoms with Crippen LogP contribution in [-0.4, -0.2) is 10.1 Å². The molecule has 0 aliphatic carbocycles. The minimum atomic E-state index is -4.38. The Bertz CT molecular complexity index is 335. The average molecular weight is 247 g/mol. The number of aromatic nitrogens is 1. The summed E-state index contributed by atoms with van der Waals surface area (Å²) in [6, 6.07) is 2.19. The summed E-state index contributed by atoms with van der Waals surface area (Å²) in [4.78, 5) is 3.65. The van der Waals surface area contributed by atoms with Gasteiger partial charge >= 0.3 is 6.18 Å². The highest BCUT2D eigenvalue weighted by atomic mass is 19.4. The van der Waals surface area contributed by atoms with Crippen LogP contribution in [0.2, 0.25) is 0 Å². The Morgan fingerprint density at radius 3 is 2.47 bits per heavy atom. The molecular formula is C12H16F3NO. The van der Waals surface area contributed by atoms with Crippen LogP contribution in [0.5, 0.6) is 0 Å². The molecule has 1 rings (SSSR count). The molecule has 0 saturated heterocycles. The lowest BCUT2D eigenvalue weighted by Gasteiger charge is -2.11. The molecular weight excluding hydrogens is 231 g/mol. The predicted molar refractivity (Wildman–Crippen MR) is 58.3 cm³/mol. The Labute approximate surface area is 98.5 Å². The minimum Gasteiger partial charge on any atom is -0.387 e. The fourth-order valence-corrected chi connectivity index (χ4v) is 1.51. The van der Waals surface area contributed by atoms with Crippen molar-refractivity contribution in [2.75, 3.05) is 0 Å². The Morgan fingerprint density at radius 2 is 2.00 bits per heavy atom. The lowest BCUT2D eigenvalue weighted by Crippen LogP contribution is -2.07. The van der Waals surface area contributed by atoms with E-state index in [1.54, 1.807) is 0 Å². The predicted octanol–water partition coefficient (Wildman–Crippen LogP) is 3.71. The van der Waals surface area contributed by atoms with Crippen LogP contribution in [0, 0.1) is 0 Å². The number of unbranched alkanes of at least 4 members (excludes halogenated alkanes) is 2. The summed E-state index contributed by atoms with van der Waals surface area (Å²) < 4.78 is 36.8. The van der Waals surface area contributed by atoms with E-state index in [2.05, 4.69) is 4.98 Å². The summed E-state index contributed by atoms with van der Waals surface area (Å²) in [6.07, 6.45) is -0.974.